The molecular formula is C19H19N5OS. The van der Waals surface area contributed by atoms with Gasteiger partial charge in [-0.2, -0.15) is 0 Å². The Morgan fingerprint density at radius 2 is 1.92 bits per heavy atom. The Morgan fingerprint density at radius 3 is 2.58 bits per heavy atom. The standard InChI is InChI=1S/C19H19N5OS/c1-12-15-17(24-10-8-21-9-11-24)22-16(23-19(15)26-18(12)20-2)13-4-6-14(25-3)7-5-13/h4-7,21H,8-11H2,1,3H3. The monoisotopic (exact) mass is 365 g/mol. The predicted molar refractivity (Wildman–Crippen MR) is 105 cm³/mol. The number of methoxy groups -OCH3 is 1. The number of benzene rings is 1. The number of nitrogens with one attached hydrogen (secondary N) is 1. The van der Waals surface area contributed by atoms with E-state index in [0.29, 0.717) is 10.8 Å². The number of thiophene rings is 1. The molecule has 6 nitrogen and oxygen atoms in total. The van der Waals surface area contributed by atoms with Crippen molar-refractivity contribution in [3.63, 3.8) is 0 Å². The fourth-order valence-electron chi connectivity index (χ4n) is 3.19. The maximum absolute atomic E-state index is 7.44. The van der Waals surface area contributed by atoms with Crippen LogP contribution < -0.4 is 15.0 Å². The third kappa shape index (κ3) is 2.87. The van der Waals surface area contributed by atoms with E-state index in [1.807, 2.05) is 31.2 Å². The molecule has 1 aliphatic heterocycles. The average molecular weight is 365 g/mol. The van der Waals surface area contributed by atoms with Crippen LogP contribution in [0.2, 0.25) is 0 Å². The summed E-state index contributed by atoms with van der Waals surface area (Å²) in [6.07, 6.45) is 0. The van der Waals surface area contributed by atoms with Gasteiger partial charge in [0.25, 0.3) is 0 Å². The van der Waals surface area contributed by atoms with Crippen LogP contribution in [-0.4, -0.2) is 43.3 Å². The Morgan fingerprint density at radius 1 is 1.19 bits per heavy atom. The molecule has 0 radical (unpaired) electrons. The van der Waals surface area contributed by atoms with E-state index in [-0.39, 0.29) is 0 Å². The van der Waals surface area contributed by atoms with Crippen molar-refractivity contribution in [2.75, 3.05) is 38.2 Å². The van der Waals surface area contributed by atoms with Gasteiger partial charge in [0, 0.05) is 37.1 Å². The normalized spacial score (nSPS) is 14.4. The summed E-state index contributed by atoms with van der Waals surface area (Å²) in [5.41, 5.74) is 1.93. The molecule has 0 atom stereocenters. The fourth-order valence-corrected chi connectivity index (χ4v) is 4.15. The third-order valence-electron chi connectivity index (χ3n) is 4.61. The van der Waals surface area contributed by atoms with Crippen LogP contribution in [0.4, 0.5) is 10.8 Å². The summed E-state index contributed by atoms with van der Waals surface area (Å²) in [6, 6.07) is 7.77. The minimum atomic E-state index is 0.687. The minimum absolute atomic E-state index is 0.687. The molecule has 0 aliphatic carbocycles. The summed E-state index contributed by atoms with van der Waals surface area (Å²) in [5, 5.41) is 5.08. The lowest BCUT2D eigenvalue weighted by Gasteiger charge is -2.29. The first-order valence-corrected chi connectivity index (χ1v) is 9.31. The molecule has 7 heteroatoms. The second kappa shape index (κ2) is 6.90. The number of aromatic nitrogens is 2. The van der Waals surface area contributed by atoms with E-state index in [1.54, 1.807) is 7.11 Å². The van der Waals surface area contributed by atoms with Crippen LogP contribution in [0.3, 0.4) is 0 Å². The van der Waals surface area contributed by atoms with Crippen molar-refractivity contribution in [2.45, 2.75) is 6.92 Å². The molecule has 1 fully saturated rings. The fraction of sp³-hybridized carbons (Fsp3) is 0.316. The van der Waals surface area contributed by atoms with E-state index in [4.69, 9.17) is 21.3 Å². The van der Waals surface area contributed by atoms with Gasteiger partial charge in [0.05, 0.1) is 13.7 Å². The van der Waals surface area contributed by atoms with Gasteiger partial charge < -0.3 is 15.0 Å². The summed E-state index contributed by atoms with van der Waals surface area (Å²) in [6.45, 7) is 13.1. The van der Waals surface area contributed by atoms with Crippen molar-refractivity contribution in [2.24, 2.45) is 0 Å². The first-order valence-electron chi connectivity index (χ1n) is 8.50. The Balaban J connectivity index is 1.90. The molecule has 0 saturated carbocycles. The van der Waals surface area contributed by atoms with Crippen LogP contribution in [0.15, 0.2) is 24.3 Å². The molecular weight excluding hydrogens is 346 g/mol. The number of piperazine rings is 1. The molecule has 1 N–H and O–H groups in total. The van der Waals surface area contributed by atoms with Crippen molar-refractivity contribution < 1.29 is 4.74 Å². The quantitative estimate of drug-likeness (QED) is 0.718. The van der Waals surface area contributed by atoms with Crippen molar-refractivity contribution in [3.05, 3.63) is 41.2 Å². The molecule has 0 amide bonds. The molecule has 26 heavy (non-hydrogen) atoms. The Bertz CT molecular complexity index is 984. The highest BCUT2D eigenvalue weighted by Crippen LogP contribution is 2.41. The molecule has 0 unspecified atom stereocenters. The van der Waals surface area contributed by atoms with Crippen LogP contribution in [0.5, 0.6) is 5.75 Å². The van der Waals surface area contributed by atoms with Gasteiger partial charge in [0.15, 0.2) is 5.82 Å². The average Bonchev–Trinajstić information content (AvgIpc) is 3.04. The highest BCUT2D eigenvalue weighted by Gasteiger charge is 2.22. The van der Waals surface area contributed by atoms with Crippen LogP contribution in [-0.2, 0) is 0 Å². The second-order valence-corrected chi connectivity index (χ2v) is 7.14. The SMILES string of the molecule is [C-]#[N+]c1sc2nc(-c3ccc(OC)cc3)nc(N3CCNCC3)c2c1C. The van der Waals surface area contributed by atoms with Gasteiger partial charge in [-0.1, -0.05) is 0 Å². The predicted octanol–water partition coefficient (Wildman–Crippen LogP) is 3.64. The lowest BCUT2D eigenvalue weighted by Crippen LogP contribution is -2.44. The number of ether oxygens (including phenoxy) is 1. The number of nitrogens with zero attached hydrogens (tertiary/aromatic N) is 4. The Hall–Kier alpha value is -2.69. The van der Waals surface area contributed by atoms with Crippen molar-refractivity contribution in [3.8, 4) is 17.1 Å². The van der Waals surface area contributed by atoms with E-state index in [1.165, 1.54) is 11.3 Å². The largest absolute Gasteiger partial charge is 0.497 e. The Kier molecular flexibility index (Phi) is 4.45. The van der Waals surface area contributed by atoms with E-state index < -0.39 is 0 Å². The lowest BCUT2D eigenvalue weighted by molar-refractivity contribution is 0.415. The summed E-state index contributed by atoms with van der Waals surface area (Å²) in [7, 11) is 1.65. The number of hydrogen-bond acceptors (Lipinski definition) is 6. The molecule has 4 rings (SSSR count). The molecule has 0 bridgehead atoms. The molecule has 3 aromatic rings. The second-order valence-electron chi connectivity index (χ2n) is 6.16. The lowest BCUT2D eigenvalue weighted by atomic mass is 10.1. The van der Waals surface area contributed by atoms with Gasteiger partial charge in [-0.15, -0.1) is 11.3 Å². The smallest absolute Gasteiger partial charge is 0.246 e. The van der Waals surface area contributed by atoms with Crippen molar-refractivity contribution in [1.29, 1.82) is 0 Å². The zero-order valence-electron chi connectivity index (χ0n) is 14.7. The van der Waals surface area contributed by atoms with E-state index >= 15 is 0 Å². The van der Waals surface area contributed by atoms with Gasteiger partial charge in [-0.25, -0.2) is 14.8 Å². The Labute approximate surface area is 156 Å². The van der Waals surface area contributed by atoms with Crippen molar-refractivity contribution >= 4 is 32.4 Å². The maximum atomic E-state index is 7.44. The zero-order valence-corrected chi connectivity index (χ0v) is 15.6. The van der Waals surface area contributed by atoms with Crippen LogP contribution in [0.1, 0.15) is 5.56 Å². The molecule has 0 spiro atoms. The minimum Gasteiger partial charge on any atom is -0.497 e. The van der Waals surface area contributed by atoms with Gasteiger partial charge in [0.1, 0.15) is 16.4 Å². The van der Waals surface area contributed by atoms with E-state index in [0.717, 1.165) is 59.1 Å². The number of anilines is 1. The van der Waals surface area contributed by atoms with E-state index in [9.17, 15) is 0 Å². The third-order valence-corrected chi connectivity index (χ3v) is 5.69. The summed E-state index contributed by atoms with van der Waals surface area (Å²) in [5.74, 6) is 2.43. The number of hydrogen-bond donors (Lipinski definition) is 1. The first-order chi connectivity index (χ1) is 12.7. The van der Waals surface area contributed by atoms with Crippen LogP contribution in [0, 0.1) is 13.5 Å². The summed E-state index contributed by atoms with van der Waals surface area (Å²) < 4.78 is 5.24. The first kappa shape index (κ1) is 16.8. The summed E-state index contributed by atoms with van der Waals surface area (Å²) >= 11 is 1.45. The van der Waals surface area contributed by atoms with Gasteiger partial charge in [0.2, 0.25) is 5.00 Å². The molecule has 2 aromatic heterocycles. The number of aryl methyl sites for hydroxylation is 1. The van der Waals surface area contributed by atoms with Crippen molar-refractivity contribution in [1.82, 2.24) is 15.3 Å². The maximum Gasteiger partial charge on any atom is 0.246 e. The van der Waals surface area contributed by atoms with Gasteiger partial charge in [-0.05, 0) is 36.8 Å². The number of rotatable bonds is 3. The zero-order chi connectivity index (χ0) is 18.1. The topological polar surface area (TPSA) is 54.6 Å². The van der Waals surface area contributed by atoms with Crippen LogP contribution in [0.25, 0.3) is 26.4 Å². The highest BCUT2D eigenvalue weighted by atomic mass is 32.1. The number of fused-ring (bicyclic) bond motifs is 1. The molecule has 132 valence electrons. The van der Waals surface area contributed by atoms with Crippen LogP contribution >= 0.6 is 11.3 Å². The molecule has 1 aliphatic rings. The molecule has 3 heterocycles. The van der Waals surface area contributed by atoms with Gasteiger partial charge >= 0.3 is 0 Å². The molecule has 1 aromatic carbocycles. The summed E-state index contributed by atoms with van der Waals surface area (Å²) in [4.78, 5) is 16.5. The van der Waals surface area contributed by atoms with E-state index in [2.05, 4.69) is 15.1 Å². The van der Waals surface area contributed by atoms with Gasteiger partial charge in [-0.3, -0.25) is 0 Å². The highest BCUT2D eigenvalue weighted by molar-refractivity contribution is 7.22. The molecule has 1 saturated heterocycles.